The van der Waals surface area contributed by atoms with Crippen molar-refractivity contribution in [1.82, 2.24) is 9.88 Å². The number of hydrogen-bond acceptors (Lipinski definition) is 6. The van der Waals surface area contributed by atoms with E-state index in [0.717, 1.165) is 0 Å². The van der Waals surface area contributed by atoms with Crippen LogP contribution in [0.1, 0.15) is 26.5 Å². The van der Waals surface area contributed by atoms with Crippen LogP contribution in [0, 0.1) is 5.92 Å². The second kappa shape index (κ2) is 7.23. The van der Waals surface area contributed by atoms with Gasteiger partial charge in [-0.3, -0.25) is 4.98 Å². The molecule has 1 aliphatic heterocycles. The van der Waals surface area contributed by atoms with E-state index in [9.17, 15) is 9.59 Å². The summed E-state index contributed by atoms with van der Waals surface area (Å²) in [7, 11) is 0. The predicted molar refractivity (Wildman–Crippen MR) is 96.2 cm³/mol. The fraction of sp³-hybridized carbons (Fsp3) is 0.562. The van der Waals surface area contributed by atoms with Crippen LogP contribution in [0.3, 0.4) is 0 Å². The maximum atomic E-state index is 12.1. The largest absolute Gasteiger partial charge is 0.444 e. The summed E-state index contributed by atoms with van der Waals surface area (Å²) in [6.07, 6.45) is 3.13. The number of hydrogen-bond donors (Lipinski definition) is 1. The number of amides is 1. The molecule has 24 heavy (non-hydrogen) atoms. The van der Waals surface area contributed by atoms with Crippen LogP contribution in [-0.4, -0.2) is 46.2 Å². The summed E-state index contributed by atoms with van der Waals surface area (Å²) >= 11 is 5.14. The van der Waals surface area contributed by atoms with Crippen LogP contribution in [-0.2, 0) is 14.4 Å². The molecule has 1 aromatic heterocycles. The van der Waals surface area contributed by atoms with Crippen molar-refractivity contribution in [3.63, 3.8) is 0 Å². The van der Waals surface area contributed by atoms with Gasteiger partial charge in [-0.2, -0.15) is 0 Å². The monoisotopic (exact) mass is 370 g/mol. The molecule has 8 heteroatoms. The fourth-order valence-corrected chi connectivity index (χ4v) is 3.73. The molecule has 0 aromatic carbocycles. The average Bonchev–Trinajstić information content (AvgIpc) is 2.43. The van der Waals surface area contributed by atoms with E-state index >= 15 is 0 Å². The van der Waals surface area contributed by atoms with Crippen molar-refractivity contribution in [3.8, 4) is 0 Å². The average molecular weight is 370 g/mol. The van der Waals surface area contributed by atoms with Crippen LogP contribution in [0.15, 0.2) is 24.4 Å². The van der Waals surface area contributed by atoms with Crippen LogP contribution < -0.4 is 0 Å². The molecule has 1 unspecified atom stereocenters. The van der Waals surface area contributed by atoms with Crippen LogP contribution in [0.4, 0.5) is 9.59 Å². The third kappa shape index (κ3) is 4.16. The van der Waals surface area contributed by atoms with Crippen LogP contribution >= 0.6 is 24.4 Å². The quantitative estimate of drug-likeness (QED) is 0.497. The van der Waals surface area contributed by atoms with Crippen molar-refractivity contribution in [2.24, 2.45) is 5.92 Å². The second-order valence-corrected chi connectivity index (χ2v) is 7.92. The zero-order valence-corrected chi connectivity index (χ0v) is 15.9. The van der Waals surface area contributed by atoms with Crippen LogP contribution in [0.25, 0.3) is 0 Å². The minimum absolute atomic E-state index is 0.0916. The topological polar surface area (TPSA) is 68.7 Å². The number of likely N-dealkylation sites (tertiary alicyclic amines) is 1. The Morgan fingerprint density at radius 3 is 2.42 bits per heavy atom. The third-order valence-electron chi connectivity index (χ3n) is 3.63. The Kier molecular flexibility index (Phi) is 5.70. The van der Waals surface area contributed by atoms with E-state index in [1.165, 1.54) is 11.8 Å². The highest BCUT2D eigenvalue weighted by Gasteiger charge is 2.52. The molecule has 1 fully saturated rings. The molecule has 1 amide bonds. The summed E-state index contributed by atoms with van der Waals surface area (Å²) in [6.45, 7) is 6.32. The molecule has 2 rings (SSSR count). The number of nitrogens with zero attached hydrogens (tertiary/aromatic N) is 2. The number of thioether (sulfide) groups is 1. The molecule has 1 atom stereocenters. The van der Waals surface area contributed by atoms with Gasteiger partial charge in [0.05, 0.1) is 11.6 Å². The van der Waals surface area contributed by atoms with Gasteiger partial charge in [0.25, 0.3) is 0 Å². The minimum Gasteiger partial charge on any atom is -0.444 e. The number of ether oxygens (including phenoxy) is 2. The lowest BCUT2D eigenvalue weighted by molar-refractivity contribution is -0.0464. The van der Waals surface area contributed by atoms with Gasteiger partial charge < -0.3 is 14.4 Å². The fourth-order valence-electron chi connectivity index (χ4n) is 2.55. The maximum absolute atomic E-state index is 12.1. The molecule has 0 saturated carbocycles. The molecule has 1 aliphatic rings. The zero-order valence-electron chi connectivity index (χ0n) is 14.2. The predicted octanol–water partition coefficient (Wildman–Crippen LogP) is 3.53. The van der Waals surface area contributed by atoms with Crippen molar-refractivity contribution in [3.05, 3.63) is 30.1 Å². The first kappa shape index (κ1) is 18.9. The Balaban J connectivity index is 2.16. The summed E-state index contributed by atoms with van der Waals surface area (Å²) in [4.78, 5) is 28.6. The molecular weight excluding hydrogens is 348 g/mol. The minimum atomic E-state index is -0.974. The SMILES string of the molecule is CSC(OC(=O)S)(c1ccccn1)C1CN(C(=O)OC(C)(C)C)C1. The first-order chi connectivity index (χ1) is 11.2. The molecule has 0 aliphatic carbocycles. The summed E-state index contributed by atoms with van der Waals surface area (Å²) in [5.74, 6) is -0.0916. The van der Waals surface area contributed by atoms with Crippen molar-refractivity contribution >= 4 is 35.8 Å². The molecule has 2 heterocycles. The van der Waals surface area contributed by atoms with Crippen LogP contribution in [0.2, 0.25) is 0 Å². The highest BCUT2D eigenvalue weighted by Crippen LogP contribution is 2.46. The molecule has 1 aromatic rings. The Morgan fingerprint density at radius 2 is 1.96 bits per heavy atom. The first-order valence-electron chi connectivity index (χ1n) is 7.54. The van der Waals surface area contributed by atoms with E-state index in [1.54, 1.807) is 17.2 Å². The summed E-state index contributed by atoms with van der Waals surface area (Å²) in [5.41, 5.74) is 0.0888. The molecule has 0 N–H and O–H groups in total. The van der Waals surface area contributed by atoms with E-state index in [0.29, 0.717) is 18.8 Å². The van der Waals surface area contributed by atoms with Crippen molar-refractivity contribution < 1.29 is 19.1 Å². The molecule has 0 bridgehead atoms. The summed E-state index contributed by atoms with van der Waals surface area (Å²) in [5, 5.41) is -0.675. The van der Waals surface area contributed by atoms with E-state index in [2.05, 4.69) is 17.6 Å². The lowest BCUT2D eigenvalue weighted by Crippen LogP contribution is -2.59. The van der Waals surface area contributed by atoms with E-state index in [-0.39, 0.29) is 12.0 Å². The second-order valence-electron chi connectivity index (χ2n) is 6.54. The van der Waals surface area contributed by atoms with Gasteiger partial charge in [0.15, 0.2) is 0 Å². The maximum Gasteiger partial charge on any atom is 0.410 e. The highest BCUT2D eigenvalue weighted by atomic mass is 32.2. The number of carbonyl (C=O) groups is 2. The van der Waals surface area contributed by atoms with Crippen molar-refractivity contribution in [2.45, 2.75) is 31.3 Å². The van der Waals surface area contributed by atoms with Crippen molar-refractivity contribution in [2.75, 3.05) is 19.3 Å². The van der Waals surface area contributed by atoms with Gasteiger partial charge in [0, 0.05) is 19.3 Å². The van der Waals surface area contributed by atoms with Gasteiger partial charge in [0.2, 0.25) is 4.93 Å². The Labute approximate surface area is 151 Å². The molecule has 0 radical (unpaired) electrons. The van der Waals surface area contributed by atoms with Gasteiger partial charge in [-0.1, -0.05) is 18.7 Å². The Morgan fingerprint density at radius 1 is 1.29 bits per heavy atom. The normalized spacial score (nSPS) is 17.6. The van der Waals surface area contributed by atoms with E-state index in [4.69, 9.17) is 9.47 Å². The van der Waals surface area contributed by atoms with Gasteiger partial charge >= 0.3 is 11.4 Å². The first-order valence-corrected chi connectivity index (χ1v) is 9.21. The molecule has 1 saturated heterocycles. The number of rotatable bonds is 4. The summed E-state index contributed by atoms with van der Waals surface area (Å²) in [6, 6.07) is 5.44. The lowest BCUT2D eigenvalue weighted by Gasteiger charge is -2.48. The third-order valence-corrected chi connectivity index (χ3v) is 4.96. The van der Waals surface area contributed by atoms with Gasteiger partial charge in [-0.05, 0) is 39.2 Å². The van der Waals surface area contributed by atoms with E-state index < -0.39 is 15.8 Å². The van der Waals surface area contributed by atoms with Gasteiger partial charge in [-0.25, -0.2) is 9.59 Å². The molecule has 132 valence electrons. The number of carbonyl (C=O) groups excluding carboxylic acids is 2. The lowest BCUT2D eigenvalue weighted by atomic mass is 9.90. The molecule has 6 nitrogen and oxygen atoms in total. The molecule has 0 spiro atoms. The number of pyridine rings is 1. The van der Waals surface area contributed by atoms with E-state index in [1.807, 2.05) is 39.2 Å². The van der Waals surface area contributed by atoms with Gasteiger partial charge in [-0.15, -0.1) is 11.8 Å². The zero-order chi connectivity index (χ0) is 18.0. The highest BCUT2D eigenvalue weighted by molar-refractivity contribution is 7.99. The summed E-state index contributed by atoms with van der Waals surface area (Å²) < 4.78 is 10.9. The Hall–Kier alpha value is -1.41. The van der Waals surface area contributed by atoms with Crippen molar-refractivity contribution in [1.29, 1.82) is 0 Å². The Bertz CT molecular complexity index is 600. The van der Waals surface area contributed by atoms with Crippen LogP contribution in [0.5, 0.6) is 0 Å². The molecular formula is C16H22N2O4S2. The number of aromatic nitrogens is 1. The number of thiol groups is 1. The smallest absolute Gasteiger partial charge is 0.410 e. The standard InChI is InChI=1S/C16H22N2O4S2/c1-15(2,3)21-13(19)18-9-11(10-18)16(24-4,22-14(20)23)12-7-5-6-8-17-12/h5-8,11H,9-10H2,1-4H3,(H,20,23). The van der Waals surface area contributed by atoms with Gasteiger partial charge in [0.1, 0.15) is 5.60 Å².